The summed E-state index contributed by atoms with van der Waals surface area (Å²) in [6.07, 6.45) is 1.90. The molecule has 3 aromatic carbocycles. The molecular formula is C25H22O2. The number of hydrogen-bond acceptors (Lipinski definition) is 2. The highest BCUT2D eigenvalue weighted by molar-refractivity contribution is 5.88. The van der Waals surface area contributed by atoms with Crippen molar-refractivity contribution in [3.05, 3.63) is 119 Å². The van der Waals surface area contributed by atoms with Gasteiger partial charge in [0.1, 0.15) is 0 Å². The Morgan fingerprint density at radius 3 is 1.70 bits per heavy atom. The van der Waals surface area contributed by atoms with Crippen molar-refractivity contribution in [1.82, 2.24) is 0 Å². The molecule has 0 aliphatic heterocycles. The van der Waals surface area contributed by atoms with Gasteiger partial charge in [-0.3, -0.25) is 0 Å². The summed E-state index contributed by atoms with van der Waals surface area (Å²) < 4.78 is 0. The molecule has 2 heteroatoms. The largest absolute Gasteiger partial charge is 0.361 e. The second kappa shape index (κ2) is 6.99. The first kappa shape index (κ1) is 17.5. The number of allylic oxidation sites excluding steroid dienone is 2. The standard InChI is InChI=1S/C25H22O2/c1-18-17-22(19-11-5-2-6-12-19)25(26,27)24(21-15-9-4-10-16-21)23(18)20-13-7-3-8-14-20/h2-17,24,26-27H,1H3. The third kappa shape index (κ3) is 3.14. The van der Waals surface area contributed by atoms with E-state index in [0.29, 0.717) is 5.57 Å². The minimum Gasteiger partial charge on any atom is -0.361 e. The maximum Gasteiger partial charge on any atom is 0.201 e. The van der Waals surface area contributed by atoms with Crippen molar-refractivity contribution in [2.24, 2.45) is 0 Å². The molecule has 1 unspecified atom stereocenters. The normalized spacial score (nSPS) is 18.9. The van der Waals surface area contributed by atoms with Crippen LogP contribution in [0.25, 0.3) is 11.1 Å². The summed E-state index contributed by atoms with van der Waals surface area (Å²) in [5.41, 5.74) is 5.19. The van der Waals surface area contributed by atoms with Gasteiger partial charge < -0.3 is 10.2 Å². The van der Waals surface area contributed by atoms with Crippen LogP contribution in [0.5, 0.6) is 0 Å². The molecule has 0 radical (unpaired) electrons. The lowest BCUT2D eigenvalue weighted by molar-refractivity contribution is -0.116. The fourth-order valence-electron chi connectivity index (χ4n) is 3.96. The summed E-state index contributed by atoms with van der Waals surface area (Å²) in [6, 6.07) is 29.3. The predicted octanol–water partition coefficient (Wildman–Crippen LogP) is 5.02. The smallest absolute Gasteiger partial charge is 0.201 e. The van der Waals surface area contributed by atoms with Gasteiger partial charge in [0.25, 0.3) is 0 Å². The van der Waals surface area contributed by atoms with Gasteiger partial charge in [-0.2, -0.15) is 0 Å². The molecule has 0 saturated carbocycles. The monoisotopic (exact) mass is 354 g/mol. The zero-order valence-corrected chi connectivity index (χ0v) is 15.2. The molecular weight excluding hydrogens is 332 g/mol. The zero-order chi connectivity index (χ0) is 18.9. The van der Waals surface area contributed by atoms with Crippen molar-refractivity contribution in [2.75, 3.05) is 0 Å². The first-order chi connectivity index (χ1) is 13.1. The highest BCUT2D eigenvalue weighted by Crippen LogP contribution is 2.50. The van der Waals surface area contributed by atoms with Gasteiger partial charge in [-0.05, 0) is 40.8 Å². The van der Waals surface area contributed by atoms with Crippen LogP contribution in [0.15, 0.2) is 103 Å². The molecule has 134 valence electrons. The van der Waals surface area contributed by atoms with Crippen molar-refractivity contribution in [1.29, 1.82) is 0 Å². The lowest BCUT2D eigenvalue weighted by Crippen LogP contribution is -2.40. The van der Waals surface area contributed by atoms with Gasteiger partial charge in [0.05, 0.1) is 5.92 Å². The molecule has 27 heavy (non-hydrogen) atoms. The van der Waals surface area contributed by atoms with Gasteiger partial charge in [-0.1, -0.05) is 91.0 Å². The maximum atomic E-state index is 11.4. The minimum absolute atomic E-state index is 0.522. The average molecular weight is 354 g/mol. The highest BCUT2D eigenvalue weighted by atomic mass is 16.5. The van der Waals surface area contributed by atoms with Crippen molar-refractivity contribution >= 4 is 11.1 Å². The summed E-state index contributed by atoms with van der Waals surface area (Å²) in [5.74, 6) is -2.60. The van der Waals surface area contributed by atoms with E-state index in [9.17, 15) is 10.2 Å². The number of rotatable bonds is 3. The van der Waals surface area contributed by atoms with Crippen molar-refractivity contribution in [3.63, 3.8) is 0 Å². The van der Waals surface area contributed by atoms with E-state index in [4.69, 9.17) is 0 Å². The average Bonchev–Trinajstić information content (AvgIpc) is 2.71. The van der Waals surface area contributed by atoms with Gasteiger partial charge >= 0.3 is 0 Å². The molecule has 0 saturated heterocycles. The maximum absolute atomic E-state index is 11.4. The highest BCUT2D eigenvalue weighted by Gasteiger charge is 2.45. The topological polar surface area (TPSA) is 40.5 Å². The van der Waals surface area contributed by atoms with E-state index in [0.717, 1.165) is 27.8 Å². The summed E-state index contributed by atoms with van der Waals surface area (Å²) >= 11 is 0. The molecule has 0 aromatic heterocycles. The van der Waals surface area contributed by atoms with Crippen LogP contribution in [0.3, 0.4) is 0 Å². The van der Waals surface area contributed by atoms with Crippen LogP contribution >= 0.6 is 0 Å². The van der Waals surface area contributed by atoms with Crippen LogP contribution in [-0.4, -0.2) is 16.0 Å². The van der Waals surface area contributed by atoms with Gasteiger partial charge in [0.15, 0.2) is 0 Å². The Hall–Kier alpha value is -2.94. The molecule has 1 aliphatic rings. The SMILES string of the molecule is CC1=C(c2ccccc2)C(c2ccccc2)C(O)(O)C(c2ccccc2)=C1. The summed E-state index contributed by atoms with van der Waals surface area (Å²) in [6.45, 7) is 2.04. The Labute approximate surface area is 159 Å². The third-order valence-electron chi connectivity index (χ3n) is 5.18. The van der Waals surface area contributed by atoms with Crippen LogP contribution in [0.2, 0.25) is 0 Å². The lowest BCUT2D eigenvalue weighted by Gasteiger charge is -2.39. The number of hydrogen-bond donors (Lipinski definition) is 2. The van der Waals surface area contributed by atoms with Crippen molar-refractivity contribution in [3.8, 4) is 0 Å². The van der Waals surface area contributed by atoms with E-state index in [2.05, 4.69) is 0 Å². The van der Waals surface area contributed by atoms with Crippen molar-refractivity contribution < 1.29 is 10.2 Å². The Morgan fingerprint density at radius 2 is 1.15 bits per heavy atom. The molecule has 4 rings (SSSR count). The number of benzene rings is 3. The van der Waals surface area contributed by atoms with Crippen LogP contribution in [-0.2, 0) is 0 Å². The molecule has 1 atom stereocenters. The van der Waals surface area contributed by atoms with E-state index < -0.39 is 11.7 Å². The Balaban J connectivity index is 1.98. The molecule has 0 heterocycles. The first-order valence-electron chi connectivity index (χ1n) is 9.12. The summed E-state index contributed by atoms with van der Waals surface area (Å²) in [4.78, 5) is 0. The quantitative estimate of drug-likeness (QED) is 0.648. The van der Waals surface area contributed by atoms with E-state index in [1.165, 1.54) is 0 Å². The summed E-state index contributed by atoms with van der Waals surface area (Å²) in [7, 11) is 0. The molecule has 0 spiro atoms. The second-order valence-corrected chi connectivity index (χ2v) is 6.96. The van der Waals surface area contributed by atoms with Gasteiger partial charge in [0.2, 0.25) is 5.79 Å². The molecule has 2 N–H and O–H groups in total. The fraction of sp³-hybridized carbons (Fsp3) is 0.120. The van der Waals surface area contributed by atoms with Gasteiger partial charge in [-0.25, -0.2) is 0 Å². The van der Waals surface area contributed by atoms with E-state index in [1.807, 2.05) is 104 Å². The van der Waals surface area contributed by atoms with Crippen LogP contribution in [0, 0.1) is 0 Å². The van der Waals surface area contributed by atoms with Crippen molar-refractivity contribution in [2.45, 2.75) is 18.6 Å². The number of aliphatic hydroxyl groups is 2. The Bertz CT molecular complexity index is 984. The summed E-state index contributed by atoms with van der Waals surface area (Å²) in [5, 5.41) is 22.8. The molecule has 3 aromatic rings. The van der Waals surface area contributed by atoms with Crippen LogP contribution in [0.1, 0.15) is 29.5 Å². The molecule has 0 bridgehead atoms. The van der Waals surface area contributed by atoms with E-state index >= 15 is 0 Å². The third-order valence-corrected chi connectivity index (χ3v) is 5.18. The Kier molecular flexibility index (Phi) is 4.53. The van der Waals surface area contributed by atoms with Gasteiger partial charge in [-0.15, -0.1) is 0 Å². The van der Waals surface area contributed by atoms with Crippen LogP contribution in [0.4, 0.5) is 0 Å². The second-order valence-electron chi connectivity index (χ2n) is 6.96. The Morgan fingerprint density at radius 1 is 0.667 bits per heavy atom. The molecule has 0 amide bonds. The van der Waals surface area contributed by atoms with Gasteiger partial charge in [0, 0.05) is 5.57 Å². The first-order valence-corrected chi connectivity index (χ1v) is 9.12. The zero-order valence-electron chi connectivity index (χ0n) is 15.2. The van der Waals surface area contributed by atoms with E-state index in [1.54, 1.807) is 0 Å². The molecule has 1 aliphatic carbocycles. The fourth-order valence-corrected chi connectivity index (χ4v) is 3.96. The predicted molar refractivity (Wildman–Crippen MR) is 110 cm³/mol. The molecule has 0 fully saturated rings. The minimum atomic E-state index is -2.02. The van der Waals surface area contributed by atoms with Crippen LogP contribution < -0.4 is 0 Å². The lowest BCUT2D eigenvalue weighted by atomic mass is 9.71. The molecule has 2 nitrogen and oxygen atoms in total. The van der Waals surface area contributed by atoms with E-state index in [-0.39, 0.29) is 0 Å².